The van der Waals surface area contributed by atoms with Gasteiger partial charge in [-0.15, -0.1) is 0 Å². The lowest BCUT2D eigenvalue weighted by atomic mass is 10.0. The largest absolute Gasteiger partial charge is 0.453 e. The lowest BCUT2D eigenvalue weighted by molar-refractivity contribution is 0.472. The van der Waals surface area contributed by atoms with Crippen molar-refractivity contribution in [1.29, 1.82) is 10.5 Å². The van der Waals surface area contributed by atoms with Gasteiger partial charge in [-0.1, -0.05) is 35.9 Å². The number of hydrogen-bond acceptors (Lipinski definition) is 4. The Bertz CT molecular complexity index is 1080. The van der Waals surface area contributed by atoms with Crippen molar-refractivity contribution >= 4 is 23.0 Å². The van der Waals surface area contributed by atoms with Gasteiger partial charge in [0.1, 0.15) is 12.1 Å². The number of fused-ring (bicyclic) bond motifs is 2. The fraction of sp³-hybridized carbons (Fsp3) is 0.0476. The van der Waals surface area contributed by atoms with E-state index in [-0.39, 0.29) is 0 Å². The summed E-state index contributed by atoms with van der Waals surface area (Å²) in [5, 5.41) is 19.4. The molecule has 1 aliphatic rings. The fourth-order valence-corrected chi connectivity index (χ4v) is 3.13. The summed E-state index contributed by atoms with van der Waals surface area (Å²) in [5.74, 6) is 1.27. The molecule has 0 bridgehead atoms. The average molecular weight is 358 g/mol. The van der Waals surface area contributed by atoms with E-state index in [9.17, 15) is 10.5 Å². The zero-order valence-corrected chi connectivity index (χ0v) is 14.4. The molecule has 1 heterocycles. The topological polar surface area (TPSA) is 60.0 Å². The van der Waals surface area contributed by atoms with Crippen molar-refractivity contribution in [1.82, 2.24) is 0 Å². The molecule has 26 heavy (non-hydrogen) atoms. The molecule has 124 valence electrons. The smallest absolute Gasteiger partial charge is 0.152 e. The Kier molecular flexibility index (Phi) is 3.97. The number of benzene rings is 3. The third-order valence-electron chi connectivity index (χ3n) is 4.26. The van der Waals surface area contributed by atoms with Crippen LogP contribution in [0.5, 0.6) is 11.5 Å². The second kappa shape index (κ2) is 6.44. The van der Waals surface area contributed by atoms with Crippen molar-refractivity contribution in [3.05, 3.63) is 82.4 Å². The molecule has 0 aromatic heterocycles. The first-order chi connectivity index (χ1) is 12.7. The van der Waals surface area contributed by atoms with Gasteiger partial charge in [-0.25, -0.2) is 0 Å². The van der Waals surface area contributed by atoms with E-state index < -0.39 is 0 Å². The zero-order chi connectivity index (χ0) is 18.1. The SMILES string of the molecule is N#Cc1cc2c(cc1C#N)N(Cc1ccc(Cl)cc1)c1ccccc1O2. The quantitative estimate of drug-likeness (QED) is 0.605. The first kappa shape index (κ1) is 16.0. The molecule has 0 saturated carbocycles. The number of halogens is 1. The molecule has 4 rings (SSSR count). The minimum absolute atomic E-state index is 0.303. The van der Waals surface area contributed by atoms with Crippen LogP contribution in [0.15, 0.2) is 60.7 Å². The number of ether oxygens (including phenoxy) is 1. The van der Waals surface area contributed by atoms with Crippen LogP contribution in [0.25, 0.3) is 0 Å². The minimum Gasteiger partial charge on any atom is -0.453 e. The number of rotatable bonds is 2. The lowest BCUT2D eigenvalue weighted by Crippen LogP contribution is -2.21. The van der Waals surface area contributed by atoms with Gasteiger partial charge in [0.2, 0.25) is 0 Å². The molecule has 0 atom stereocenters. The average Bonchev–Trinajstić information content (AvgIpc) is 2.68. The van der Waals surface area contributed by atoms with Crippen LogP contribution < -0.4 is 9.64 Å². The maximum atomic E-state index is 9.38. The first-order valence-corrected chi connectivity index (χ1v) is 8.34. The summed E-state index contributed by atoms with van der Waals surface area (Å²) in [6, 6.07) is 22.8. The minimum atomic E-state index is 0.303. The Balaban J connectivity index is 1.86. The van der Waals surface area contributed by atoms with Crippen LogP contribution in [0.3, 0.4) is 0 Å². The van der Waals surface area contributed by atoms with Crippen LogP contribution in [0.4, 0.5) is 11.4 Å². The van der Waals surface area contributed by atoms with E-state index in [1.54, 1.807) is 12.1 Å². The molecule has 3 aromatic carbocycles. The molecule has 0 saturated heterocycles. The van der Waals surface area contributed by atoms with Gasteiger partial charge in [0.25, 0.3) is 0 Å². The molecule has 0 aliphatic carbocycles. The second-order valence-electron chi connectivity index (χ2n) is 5.87. The van der Waals surface area contributed by atoms with E-state index in [4.69, 9.17) is 16.3 Å². The Morgan fingerprint density at radius 2 is 1.54 bits per heavy atom. The monoisotopic (exact) mass is 357 g/mol. The molecule has 3 aromatic rings. The van der Waals surface area contributed by atoms with Crippen LogP contribution >= 0.6 is 11.6 Å². The van der Waals surface area contributed by atoms with Crippen LogP contribution in [-0.4, -0.2) is 0 Å². The molecule has 0 spiro atoms. The maximum Gasteiger partial charge on any atom is 0.152 e. The van der Waals surface area contributed by atoms with E-state index in [2.05, 4.69) is 17.0 Å². The van der Waals surface area contributed by atoms with Crippen molar-refractivity contribution in [2.75, 3.05) is 4.90 Å². The predicted molar refractivity (Wildman–Crippen MR) is 99.7 cm³/mol. The highest BCUT2D eigenvalue weighted by molar-refractivity contribution is 6.30. The highest BCUT2D eigenvalue weighted by Gasteiger charge is 2.26. The molecular weight excluding hydrogens is 346 g/mol. The number of nitriles is 2. The zero-order valence-electron chi connectivity index (χ0n) is 13.6. The van der Waals surface area contributed by atoms with E-state index in [1.165, 1.54) is 0 Å². The van der Waals surface area contributed by atoms with E-state index in [0.717, 1.165) is 16.9 Å². The van der Waals surface area contributed by atoms with Gasteiger partial charge in [0.05, 0.1) is 22.5 Å². The van der Waals surface area contributed by atoms with Gasteiger partial charge in [-0.05, 0) is 35.9 Å². The molecule has 4 nitrogen and oxygen atoms in total. The normalized spacial score (nSPS) is 11.6. The van der Waals surface area contributed by atoms with Gasteiger partial charge in [-0.2, -0.15) is 10.5 Å². The third-order valence-corrected chi connectivity index (χ3v) is 4.51. The number of anilines is 2. The number of hydrogen-bond donors (Lipinski definition) is 0. The number of para-hydroxylation sites is 2. The summed E-state index contributed by atoms with van der Waals surface area (Å²) in [4.78, 5) is 2.08. The second-order valence-corrected chi connectivity index (χ2v) is 6.31. The Hall–Kier alpha value is -3.47. The third kappa shape index (κ3) is 2.73. The summed E-state index contributed by atoms with van der Waals surface area (Å²) in [5.41, 5.74) is 3.37. The lowest BCUT2D eigenvalue weighted by Gasteiger charge is -2.33. The Morgan fingerprint density at radius 1 is 0.846 bits per heavy atom. The van der Waals surface area contributed by atoms with Crippen LogP contribution in [0.1, 0.15) is 16.7 Å². The van der Waals surface area contributed by atoms with Gasteiger partial charge < -0.3 is 9.64 Å². The highest BCUT2D eigenvalue weighted by atomic mass is 35.5. The van der Waals surface area contributed by atoms with Crippen LogP contribution in [0.2, 0.25) is 5.02 Å². The van der Waals surface area contributed by atoms with Gasteiger partial charge >= 0.3 is 0 Å². The Labute approximate surface area is 156 Å². The maximum absolute atomic E-state index is 9.38. The molecule has 0 N–H and O–H groups in total. The van der Waals surface area contributed by atoms with Crippen molar-refractivity contribution in [2.45, 2.75) is 6.54 Å². The molecule has 1 aliphatic heterocycles. The summed E-state index contributed by atoms with van der Waals surface area (Å²) < 4.78 is 5.98. The summed E-state index contributed by atoms with van der Waals surface area (Å²) >= 11 is 5.99. The summed E-state index contributed by atoms with van der Waals surface area (Å²) in [6.07, 6.45) is 0. The molecular formula is C21H12ClN3O. The van der Waals surface area contributed by atoms with Gasteiger partial charge in [-0.3, -0.25) is 0 Å². The van der Waals surface area contributed by atoms with Gasteiger partial charge in [0.15, 0.2) is 11.5 Å². The first-order valence-electron chi connectivity index (χ1n) is 7.96. The fourth-order valence-electron chi connectivity index (χ4n) is 3.00. The predicted octanol–water partition coefficient (Wildman–Crippen LogP) is 5.53. The van der Waals surface area contributed by atoms with Crippen molar-refractivity contribution < 1.29 is 4.74 Å². The van der Waals surface area contributed by atoms with E-state index >= 15 is 0 Å². The summed E-state index contributed by atoms with van der Waals surface area (Å²) in [6.45, 7) is 0.585. The van der Waals surface area contributed by atoms with Crippen LogP contribution in [-0.2, 0) is 6.54 Å². The highest BCUT2D eigenvalue weighted by Crippen LogP contribution is 2.48. The molecule has 0 unspecified atom stereocenters. The number of nitrogens with zero attached hydrogens (tertiary/aromatic N) is 3. The molecule has 0 radical (unpaired) electrons. The van der Waals surface area contributed by atoms with Gasteiger partial charge in [0, 0.05) is 17.6 Å². The molecule has 0 fully saturated rings. The van der Waals surface area contributed by atoms with Crippen LogP contribution in [0, 0.1) is 22.7 Å². The van der Waals surface area contributed by atoms with E-state index in [0.29, 0.717) is 34.2 Å². The van der Waals surface area contributed by atoms with Crippen molar-refractivity contribution in [3.8, 4) is 23.6 Å². The molecule has 0 amide bonds. The van der Waals surface area contributed by atoms with E-state index in [1.807, 2.05) is 48.5 Å². The standard InChI is InChI=1S/C21H12ClN3O/c22-17-7-5-14(6-8-17)13-25-18-3-1-2-4-20(18)26-21-10-16(12-24)15(11-23)9-19(21)25/h1-10H,13H2. The van der Waals surface area contributed by atoms with Crippen molar-refractivity contribution in [3.63, 3.8) is 0 Å². The van der Waals surface area contributed by atoms with Crippen molar-refractivity contribution in [2.24, 2.45) is 0 Å². The Morgan fingerprint density at radius 3 is 2.27 bits per heavy atom. The summed E-state index contributed by atoms with van der Waals surface area (Å²) in [7, 11) is 0. The molecule has 5 heteroatoms.